The van der Waals surface area contributed by atoms with Gasteiger partial charge in [0.1, 0.15) is 17.2 Å². The first-order valence-electron chi connectivity index (χ1n) is 9.19. The molecule has 2 amide bonds. The highest BCUT2D eigenvalue weighted by molar-refractivity contribution is 7.99. The van der Waals surface area contributed by atoms with Crippen LogP contribution in [0.4, 0.5) is 0 Å². The van der Waals surface area contributed by atoms with Crippen molar-refractivity contribution >= 4 is 23.6 Å². The second-order valence-electron chi connectivity index (χ2n) is 6.71. The topological polar surface area (TPSA) is 77.1 Å². The molecule has 0 radical (unpaired) electrons. The quantitative estimate of drug-likeness (QED) is 0.783. The van der Waals surface area contributed by atoms with E-state index >= 15 is 0 Å². The molecular weight excluding hydrogens is 392 g/mol. The molecule has 0 aromatic heterocycles. The molecule has 4 rings (SSSR count). The molecule has 8 heteroatoms. The molecule has 1 saturated heterocycles. The summed E-state index contributed by atoms with van der Waals surface area (Å²) in [6, 6.07) is 10.7. The van der Waals surface area contributed by atoms with Crippen LogP contribution < -0.4 is 19.5 Å². The van der Waals surface area contributed by atoms with Crippen LogP contribution in [0.2, 0.25) is 0 Å². The first kappa shape index (κ1) is 19.4. The van der Waals surface area contributed by atoms with Crippen molar-refractivity contribution in [1.82, 2.24) is 10.2 Å². The highest BCUT2D eigenvalue weighted by Gasteiger charge is 2.50. The van der Waals surface area contributed by atoms with Crippen molar-refractivity contribution in [2.24, 2.45) is 0 Å². The van der Waals surface area contributed by atoms with E-state index in [1.54, 1.807) is 29.8 Å². The first-order valence-corrected chi connectivity index (χ1v) is 10.2. The normalized spacial score (nSPS) is 19.6. The van der Waals surface area contributed by atoms with Crippen molar-refractivity contribution in [3.63, 3.8) is 0 Å². The predicted octanol–water partition coefficient (Wildman–Crippen LogP) is 2.60. The lowest BCUT2D eigenvalue weighted by molar-refractivity contribution is -0.124. The number of carbonyl (C=O) groups is 2. The Morgan fingerprint density at radius 2 is 1.86 bits per heavy atom. The number of nitrogens with one attached hydrogen (secondary N) is 1. The zero-order valence-electron chi connectivity index (χ0n) is 16.4. The van der Waals surface area contributed by atoms with Gasteiger partial charge in [-0.15, -0.1) is 11.8 Å². The van der Waals surface area contributed by atoms with Gasteiger partial charge >= 0.3 is 0 Å². The number of thioether (sulfide) groups is 1. The lowest BCUT2D eigenvalue weighted by Crippen LogP contribution is -2.45. The third-order valence-electron chi connectivity index (χ3n) is 5.24. The van der Waals surface area contributed by atoms with Gasteiger partial charge in [-0.05, 0) is 12.1 Å². The fourth-order valence-electron chi connectivity index (χ4n) is 3.84. The molecule has 2 aliphatic heterocycles. The number of nitrogens with zero attached hydrogens (tertiary/aromatic N) is 1. The third kappa shape index (κ3) is 3.17. The van der Waals surface area contributed by atoms with Gasteiger partial charge in [-0.3, -0.25) is 9.59 Å². The first-order chi connectivity index (χ1) is 14.1. The van der Waals surface area contributed by atoms with Crippen LogP contribution in [0.25, 0.3) is 0 Å². The van der Waals surface area contributed by atoms with Crippen LogP contribution >= 0.6 is 11.8 Å². The van der Waals surface area contributed by atoms with Crippen molar-refractivity contribution in [3.8, 4) is 17.2 Å². The summed E-state index contributed by atoms with van der Waals surface area (Å²) in [5.74, 6) is 1.79. The van der Waals surface area contributed by atoms with Gasteiger partial charge in [-0.25, -0.2) is 0 Å². The Kier molecular flexibility index (Phi) is 5.27. The average Bonchev–Trinajstić information content (AvgIpc) is 3.31. The number of amides is 2. The van der Waals surface area contributed by atoms with E-state index in [-0.39, 0.29) is 17.2 Å². The molecular formula is C21H22N2O5S. The monoisotopic (exact) mass is 414 g/mol. The number of carbonyl (C=O) groups excluding carboxylic acids is 2. The van der Waals surface area contributed by atoms with Gasteiger partial charge in [0.05, 0.1) is 26.9 Å². The molecule has 152 valence electrons. The van der Waals surface area contributed by atoms with Crippen molar-refractivity contribution < 1.29 is 23.8 Å². The molecule has 0 bridgehead atoms. The summed E-state index contributed by atoms with van der Waals surface area (Å²) < 4.78 is 16.1. The van der Waals surface area contributed by atoms with Gasteiger partial charge in [-0.1, -0.05) is 24.3 Å². The van der Waals surface area contributed by atoms with E-state index < -0.39 is 6.04 Å². The summed E-state index contributed by atoms with van der Waals surface area (Å²) >= 11 is 1.58. The molecule has 2 aromatic rings. The minimum atomic E-state index is -0.546. The van der Waals surface area contributed by atoms with Gasteiger partial charge in [0.25, 0.3) is 5.91 Å². The Bertz CT molecular complexity index is 964. The third-order valence-corrected chi connectivity index (χ3v) is 6.55. The Morgan fingerprint density at radius 1 is 1.10 bits per heavy atom. The molecule has 2 atom stereocenters. The van der Waals surface area contributed by atoms with Gasteiger partial charge in [-0.2, -0.15) is 0 Å². The number of methoxy groups -OCH3 is 3. The molecule has 29 heavy (non-hydrogen) atoms. The maximum atomic E-state index is 13.2. The molecule has 0 spiro atoms. The van der Waals surface area contributed by atoms with E-state index in [2.05, 4.69) is 5.32 Å². The predicted molar refractivity (Wildman–Crippen MR) is 110 cm³/mol. The van der Waals surface area contributed by atoms with Crippen LogP contribution in [-0.4, -0.2) is 49.8 Å². The van der Waals surface area contributed by atoms with Crippen LogP contribution in [-0.2, 0) is 11.3 Å². The highest BCUT2D eigenvalue weighted by Crippen LogP contribution is 2.52. The number of hydrogen-bond acceptors (Lipinski definition) is 6. The molecule has 0 aliphatic carbocycles. The van der Waals surface area contributed by atoms with Gasteiger partial charge in [0, 0.05) is 23.4 Å². The van der Waals surface area contributed by atoms with Crippen molar-refractivity contribution in [3.05, 3.63) is 53.1 Å². The minimum Gasteiger partial charge on any atom is -0.496 e. The smallest absolute Gasteiger partial charge is 0.260 e. The molecule has 2 heterocycles. The van der Waals surface area contributed by atoms with Gasteiger partial charge < -0.3 is 24.4 Å². The van der Waals surface area contributed by atoms with Gasteiger partial charge in [0.2, 0.25) is 5.91 Å². The zero-order chi connectivity index (χ0) is 20.5. The number of rotatable bonds is 6. The Labute approximate surface area is 173 Å². The number of para-hydroxylation sites is 1. The van der Waals surface area contributed by atoms with E-state index in [0.717, 1.165) is 11.1 Å². The van der Waals surface area contributed by atoms with Crippen molar-refractivity contribution in [1.29, 1.82) is 0 Å². The molecule has 2 aliphatic rings. The van der Waals surface area contributed by atoms with Crippen LogP contribution in [0.3, 0.4) is 0 Å². The van der Waals surface area contributed by atoms with Crippen LogP contribution in [0.1, 0.15) is 26.9 Å². The standard InChI is InChI=1S/C21H22N2O5S/c1-26-15-7-5-4-6-12(15)10-22-19(24)14-11-29-21-13-8-9-16(27-2)18(28-3)17(13)20(25)23(14)21/h4-9,14,21H,10-11H2,1-3H3,(H,22,24)/t14-,21?/m0/s1. The summed E-state index contributed by atoms with van der Waals surface area (Å²) in [6.07, 6.45) is 0. The fraction of sp³-hybridized carbons (Fsp3) is 0.333. The summed E-state index contributed by atoms with van der Waals surface area (Å²) in [4.78, 5) is 27.8. The maximum Gasteiger partial charge on any atom is 0.260 e. The van der Waals surface area contributed by atoms with Crippen LogP contribution in [0.15, 0.2) is 36.4 Å². The van der Waals surface area contributed by atoms with E-state index in [1.807, 2.05) is 30.3 Å². The number of ether oxygens (including phenoxy) is 3. The number of fused-ring (bicyclic) bond motifs is 3. The maximum absolute atomic E-state index is 13.2. The number of benzene rings is 2. The van der Waals surface area contributed by atoms with E-state index in [9.17, 15) is 9.59 Å². The largest absolute Gasteiger partial charge is 0.496 e. The minimum absolute atomic E-state index is 0.182. The molecule has 7 nitrogen and oxygen atoms in total. The Balaban J connectivity index is 1.54. The van der Waals surface area contributed by atoms with Crippen LogP contribution in [0, 0.1) is 0 Å². The molecule has 1 unspecified atom stereocenters. The highest BCUT2D eigenvalue weighted by atomic mass is 32.2. The summed E-state index contributed by atoms with van der Waals surface area (Å²) in [6.45, 7) is 0.334. The molecule has 1 fully saturated rings. The van der Waals surface area contributed by atoms with E-state index in [1.165, 1.54) is 14.2 Å². The molecule has 0 saturated carbocycles. The fourth-order valence-corrected chi connectivity index (χ4v) is 5.30. The summed E-state index contributed by atoms with van der Waals surface area (Å²) in [5.41, 5.74) is 2.22. The van der Waals surface area contributed by atoms with Crippen molar-refractivity contribution in [2.45, 2.75) is 18.0 Å². The Hall–Kier alpha value is -2.87. The van der Waals surface area contributed by atoms with Crippen LogP contribution in [0.5, 0.6) is 17.2 Å². The second kappa shape index (κ2) is 7.87. The summed E-state index contributed by atoms with van der Waals surface area (Å²) in [5, 5.41) is 2.75. The molecule has 1 N–H and O–H groups in total. The lowest BCUT2D eigenvalue weighted by atomic mass is 10.1. The van der Waals surface area contributed by atoms with E-state index in [4.69, 9.17) is 14.2 Å². The van der Waals surface area contributed by atoms with E-state index in [0.29, 0.717) is 35.1 Å². The average molecular weight is 414 g/mol. The zero-order valence-corrected chi connectivity index (χ0v) is 17.2. The van der Waals surface area contributed by atoms with Crippen molar-refractivity contribution in [2.75, 3.05) is 27.1 Å². The van der Waals surface area contributed by atoms with Gasteiger partial charge in [0.15, 0.2) is 11.5 Å². The SMILES string of the molecule is COc1ccccc1CNC(=O)[C@@H]1CSC2c3ccc(OC)c(OC)c3C(=O)N21. The number of hydrogen-bond donors (Lipinski definition) is 1. The Morgan fingerprint density at radius 3 is 2.59 bits per heavy atom. The lowest BCUT2D eigenvalue weighted by Gasteiger charge is -2.22. The second-order valence-corrected chi connectivity index (χ2v) is 7.82. The molecule has 2 aromatic carbocycles. The summed E-state index contributed by atoms with van der Waals surface area (Å²) in [7, 11) is 4.65.